The molecular formula is C15H11F3N4O2. The zero-order valence-electron chi connectivity index (χ0n) is 12.1. The van der Waals surface area contributed by atoms with Crippen molar-refractivity contribution in [3.63, 3.8) is 0 Å². The molecule has 0 atom stereocenters. The molecule has 1 amide bonds. The molecule has 124 valence electrons. The van der Waals surface area contributed by atoms with Crippen LogP contribution in [0.1, 0.15) is 5.56 Å². The first kappa shape index (κ1) is 15.8. The summed E-state index contributed by atoms with van der Waals surface area (Å²) in [5.74, 6) is -0.304. The number of aromatic nitrogens is 3. The van der Waals surface area contributed by atoms with Crippen LogP contribution in [-0.2, 0) is 17.5 Å². The highest BCUT2D eigenvalue weighted by Crippen LogP contribution is 2.34. The molecule has 0 spiro atoms. The lowest BCUT2D eigenvalue weighted by atomic mass is 10.1. The lowest BCUT2D eigenvalue weighted by Gasteiger charge is -2.12. The van der Waals surface area contributed by atoms with Crippen molar-refractivity contribution >= 4 is 11.6 Å². The summed E-state index contributed by atoms with van der Waals surface area (Å²) in [5, 5.41) is 2.45. The molecule has 2 aromatic heterocycles. The van der Waals surface area contributed by atoms with Crippen LogP contribution in [0.5, 0.6) is 0 Å². The summed E-state index contributed by atoms with van der Waals surface area (Å²) in [7, 11) is 0. The van der Waals surface area contributed by atoms with Crippen molar-refractivity contribution in [2.24, 2.45) is 0 Å². The van der Waals surface area contributed by atoms with E-state index in [4.69, 9.17) is 4.42 Å². The monoisotopic (exact) mass is 336 g/mol. The quantitative estimate of drug-likeness (QED) is 0.794. The van der Waals surface area contributed by atoms with E-state index in [-0.39, 0.29) is 23.6 Å². The van der Waals surface area contributed by atoms with E-state index in [1.807, 2.05) is 0 Å². The zero-order chi connectivity index (χ0) is 17.2. The van der Waals surface area contributed by atoms with Gasteiger partial charge in [0.2, 0.25) is 5.91 Å². The normalized spacial score (nSPS) is 11.5. The molecule has 3 aromatic rings. The summed E-state index contributed by atoms with van der Waals surface area (Å²) in [6.07, 6.45) is 2.37. The van der Waals surface area contributed by atoms with Crippen molar-refractivity contribution in [1.29, 1.82) is 0 Å². The number of carbonyl (C=O) groups excluding carboxylic acids is 1. The Morgan fingerprint density at radius 2 is 2.08 bits per heavy atom. The van der Waals surface area contributed by atoms with Gasteiger partial charge < -0.3 is 14.3 Å². The largest absolute Gasteiger partial charge is 0.444 e. The molecule has 9 heteroatoms. The lowest BCUT2D eigenvalue weighted by molar-refractivity contribution is -0.137. The maximum absolute atomic E-state index is 13.1. The van der Waals surface area contributed by atoms with Crippen LogP contribution in [-0.4, -0.2) is 20.4 Å². The SMILES string of the molecule is O=C(Cn1ccnc1)Nc1cc(-c2cnco2)cc(C(F)(F)F)c1. The average Bonchev–Trinajstić information content (AvgIpc) is 3.19. The Bertz CT molecular complexity index is 827. The van der Waals surface area contributed by atoms with Gasteiger partial charge in [-0.1, -0.05) is 0 Å². The predicted octanol–water partition coefficient (Wildman–Crippen LogP) is 3.20. The Hall–Kier alpha value is -3.10. The molecule has 0 aliphatic carbocycles. The van der Waals surface area contributed by atoms with E-state index >= 15 is 0 Å². The number of alkyl halides is 3. The lowest BCUT2D eigenvalue weighted by Crippen LogP contribution is -2.18. The Labute approximate surface area is 134 Å². The smallest absolute Gasteiger partial charge is 0.416 e. The van der Waals surface area contributed by atoms with Gasteiger partial charge in [-0.2, -0.15) is 13.2 Å². The van der Waals surface area contributed by atoms with E-state index in [1.165, 1.54) is 29.4 Å². The third-order valence-corrected chi connectivity index (χ3v) is 3.15. The van der Waals surface area contributed by atoms with Gasteiger partial charge in [-0.3, -0.25) is 4.79 Å². The van der Waals surface area contributed by atoms with Gasteiger partial charge in [0.05, 0.1) is 18.1 Å². The summed E-state index contributed by atoms with van der Waals surface area (Å²) in [6, 6.07) is 3.19. The van der Waals surface area contributed by atoms with Crippen LogP contribution in [0.4, 0.5) is 18.9 Å². The first-order valence-electron chi connectivity index (χ1n) is 6.78. The van der Waals surface area contributed by atoms with Crippen molar-refractivity contribution in [1.82, 2.24) is 14.5 Å². The summed E-state index contributed by atoms with van der Waals surface area (Å²) >= 11 is 0. The molecule has 1 N–H and O–H groups in total. The number of carbonyl (C=O) groups is 1. The number of rotatable bonds is 4. The Morgan fingerprint density at radius 1 is 1.25 bits per heavy atom. The summed E-state index contributed by atoms with van der Waals surface area (Å²) in [5.41, 5.74) is -0.712. The van der Waals surface area contributed by atoms with Crippen molar-refractivity contribution in [3.8, 4) is 11.3 Å². The topological polar surface area (TPSA) is 73.0 Å². The number of benzene rings is 1. The van der Waals surface area contributed by atoms with Gasteiger partial charge >= 0.3 is 6.18 Å². The van der Waals surface area contributed by atoms with Gasteiger partial charge in [0.1, 0.15) is 6.54 Å². The molecule has 1 aromatic carbocycles. The highest BCUT2D eigenvalue weighted by atomic mass is 19.4. The van der Waals surface area contributed by atoms with Crippen LogP contribution in [0, 0.1) is 0 Å². The molecule has 0 unspecified atom stereocenters. The first-order chi connectivity index (χ1) is 11.4. The van der Waals surface area contributed by atoms with E-state index < -0.39 is 17.6 Å². The highest BCUT2D eigenvalue weighted by molar-refractivity contribution is 5.91. The maximum Gasteiger partial charge on any atom is 0.416 e. The molecule has 0 aliphatic rings. The molecule has 0 radical (unpaired) electrons. The second-order valence-electron chi connectivity index (χ2n) is 4.95. The number of imidazole rings is 1. The van der Waals surface area contributed by atoms with Gasteiger partial charge in [0, 0.05) is 23.6 Å². The van der Waals surface area contributed by atoms with Crippen molar-refractivity contribution in [2.45, 2.75) is 12.7 Å². The molecule has 0 saturated heterocycles. The predicted molar refractivity (Wildman–Crippen MR) is 77.8 cm³/mol. The fraction of sp³-hybridized carbons (Fsp3) is 0.133. The van der Waals surface area contributed by atoms with Gasteiger partial charge in [-0.05, 0) is 18.2 Å². The van der Waals surface area contributed by atoms with Crippen LogP contribution in [0.2, 0.25) is 0 Å². The third-order valence-electron chi connectivity index (χ3n) is 3.15. The molecule has 2 heterocycles. The number of halogens is 3. The van der Waals surface area contributed by atoms with Gasteiger partial charge in [0.15, 0.2) is 12.2 Å². The molecule has 24 heavy (non-hydrogen) atoms. The number of oxazole rings is 1. The van der Waals surface area contributed by atoms with Gasteiger partial charge in [-0.25, -0.2) is 9.97 Å². The number of nitrogens with one attached hydrogen (secondary N) is 1. The minimum absolute atomic E-state index is 0.0151. The number of hydrogen-bond donors (Lipinski definition) is 1. The fourth-order valence-corrected chi connectivity index (χ4v) is 2.11. The van der Waals surface area contributed by atoms with Crippen LogP contribution in [0.3, 0.4) is 0 Å². The fourth-order valence-electron chi connectivity index (χ4n) is 2.11. The summed E-state index contributed by atoms with van der Waals surface area (Å²) in [4.78, 5) is 19.4. The molecule has 0 aliphatic heterocycles. The van der Waals surface area contributed by atoms with E-state index in [9.17, 15) is 18.0 Å². The van der Waals surface area contributed by atoms with Crippen LogP contribution < -0.4 is 5.32 Å². The zero-order valence-corrected chi connectivity index (χ0v) is 12.1. The number of anilines is 1. The Morgan fingerprint density at radius 3 is 2.71 bits per heavy atom. The van der Waals surface area contributed by atoms with Crippen molar-refractivity contribution < 1.29 is 22.4 Å². The van der Waals surface area contributed by atoms with Crippen LogP contribution in [0.15, 0.2) is 53.9 Å². The number of nitrogens with zero attached hydrogens (tertiary/aromatic N) is 3. The van der Waals surface area contributed by atoms with E-state index in [1.54, 1.807) is 6.20 Å². The molecule has 0 bridgehead atoms. The molecule has 0 saturated carbocycles. The van der Waals surface area contributed by atoms with E-state index in [0.29, 0.717) is 0 Å². The van der Waals surface area contributed by atoms with Crippen LogP contribution in [0.25, 0.3) is 11.3 Å². The van der Waals surface area contributed by atoms with Crippen molar-refractivity contribution in [3.05, 3.63) is 55.1 Å². The highest BCUT2D eigenvalue weighted by Gasteiger charge is 2.31. The van der Waals surface area contributed by atoms with Crippen molar-refractivity contribution in [2.75, 3.05) is 5.32 Å². The first-order valence-corrected chi connectivity index (χ1v) is 6.78. The average molecular weight is 336 g/mol. The second kappa shape index (κ2) is 6.19. The Balaban J connectivity index is 1.89. The standard InChI is InChI=1S/C15H11F3N4O2/c16-15(17,18)11-3-10(13-6-20-9-24-13)4-12(5-11)21-14(23)7-22-2-1-19-8-22/h1-6,8-9H,7H2,(H,21,23). The molecule has 3 rings (SSSR count). The summed E-state index contributed by atoms with van der Waals surface area (Å²) < 4.78 is 45.7. The minimum atomic E-state index is -4.56. The summed E-state index contributed by atoms with van der Waals surface area (Å²) in [6.45, 7) is -0.0616. The maximum atomic E-state index is 13.1. The van der Waals surface area contributed by atoms with Crippen LogP contribution >= 0.6 is 0 Å². The second-order valence-corrected chi connectivity index (χ2v) is 4.95. The molecular weight excluding hydrogens is 325 g/mol. The molecule has 6 nitrogen and oxygen atoms in total. The van der Waals surface area contributed by atoms with E-state index in [2.05, 4.69) is 15.3 Å². The van der Waals surface area contributed by atoms with Gasteiger partial charge in [-0.15, -0.1) is 0 Å². The Kier molecular flexibility index (Phi) is 4.07. The van der Waals surface area contributed by atoms with E-state index in [0.717, 1.165) is 18.5 Å². The van der Waals surface area contributed by atoms with Gasteiger partial charge in [0.25, 0.3) is 0 Å². The third kappa shape index (κ3) is 3.62. The minimum Gasteiger partial charge on any atom is -0.444 e. The number of hydrogen-bond acceptors (Lipinski definition) is 4. The molecule has 0 fully saturated rings. The number of amides is 1.